The quantitative estimate of drug-likeness (QED) is 0.766. The fourth-order valence-corrected chi connectivity index (χ4v) is 2.42. The molecule has 0 atom stereocenters. The van der Waals surface area contributed by atoms with Crippen molar-refractivity contribution in [2.45, 2.75) is 45.4 Å². The van der Waals surface area contributed by atoms with E-state index in [9.17, 15) is 4.79 Å². The lowest BCUT2D eigenvalue weighted by Crippen LogP contribution is -2.27. The Morgan fingerprint density at radius 3 is 2.39 bits per heavy atom. The molecule has 0 bridgehead atoms. The molecule has 0 N–H and O–H groups in total. The van der Waals surface area contributed by atoms with Crippen LogP contribution in [0.2, 0.25) is 0 Å². The Balaban J connectivity index is 2.05. The molecule has 2 rings (SSSR count). The molecular weight excluding hydrogens is 224 g/mol. The maximum atomic E-state index is 11.5. The number of rotatable bonds is 3. The number of anilines is 1. The van der Waals surface area contributed by atoms with E-state index in [0.717, 1.165) is 18.8 Å². The summed E-state index contributed by atoms with van der Waals surface area (Å²) in [5.41, 5.74) is 1.75. The van der Waals surface area contributed by atoms with Gasteiger partial charge in [-0.1, -0.05) is 26.2 Å². The molecule has 0 radical (unpaired) electrons. The summed E-state index contributed by atoms with van der Waals surface area (Å²) in [4.78, 5) is 18.2. The van der Waals surface area contributed by atoms with Crippen LogP contribution in [0.4, 0.5) is 5.69 Å². The predicted molar refractivity (Wildman–Crippen MR) is 74.2 cm³/mol. The topological polar surface area (TPSA) is 33.2 Å². The smallest absolute Gasteiger partial charge is 0.180 e. The largest absolute Gasteiger partial charge is 0.370 e. The first-order valence-electron chi connectivity index (χ1n) is 7.05. The van der Waals surface area contributed by atoms with Gasteiger partial charge in [0.15, 0.2) is 5.78 Å². The summed E-state index contributed by atoms with van der Waals surface area (Å²) in [6.45, 7) is 4.10. The van der Waals surface area contributed by atoms with E-state index in [1.165, 1.54) is 32.1 Å². The van der Waals surface area contributed by atoms with Gasteiger partial charge in [-0.2, -0.15) is 0 Å². The van der Waals surface area contributed by atoms with E-state index in [4.69, 9.17) is 0 Å². The van der Waals surface area contributed by atoms with Crippen LogP contribution in [0.5, 0.6) is 0 Å². The molecule has 2 heterocycles. The second-order valence-electron chi connectivity index (χ2n) is 4.93. The lowest BCUT2D eigenvalue weighted by molar-refractivity contribution is 0.0983. The first-order chi connectivity index (χ1) is 8.81. The highest BCUT2D eigenvalue weighted by Crippen LogP contribution is 2.18. The molecule has 1 saturated heterocycles. The molecule has 1 aliphatic heterocycles. The molecule has 0 aliphatic carbocycles. The van der Waals surface area contributed by atoms with Crippen LogP contribution in [0.25, 0.3) is 0 Å². The summed E-state index contributed by atoms with van der Waals surface area (Å²) in [6, 6.07) is 3.90. The first-order valence-corrected chi connectivity index (χ1v) is 7.05. The lowest BCUT2D eigenvalue weighted by atomic mass is 10.1. The Morgan fingerprint density at radius 2 is 1.83 bits per heavy atom. The molecule has 1 aliphatic rings. The predicted octanol–water partition coefficient (Wildman–Crippen LogP) is 3.44. The van der Waals surface area contributed by atoms with Crippen LogP contribution >= 0.6 is 0 Å². The monoisotopic (exact) mass is 246 g/mol. The molecule has 98 valence electrons. The number of ketones is 1. The number of carbonyl (C=O) groups excluding carboxylic acids is 1. The van der Waals surface area contributed by atoms with E-state index in [1.807, 2.05) is 25.3 Å². The van der Waals surface area contributed by atoms with Crippen LogP contribution in [-0.4, -0.2) is 23.9 Å². The van der Waals surface area contributed by atoms with Crippen molar-refractivity contribution in [3.8, 4) is 0 Å². The molecule has 3 nitrogen and oxygen atoms in total. The third-order valence-electron chi connectivity index (χ3n) is 3.58. The summed E-state index contributed by atoms with van der Waals surface area (Å²) in [7, 11) is 0. The Kier molecular flexibility index (Phi) is 4.73. The molecule has 18 heavy (non-hydrogen) atoms. The normalized spacial score (nSPS) is 17.1. The lowest BCUT2D eigenvalue weighted by Gasteiger charge is -2.26. The molecule has 0 amide bonds. The Morgan fingerprint density at radius 1 is 1.17 bits per heavy atom. The van der Waals surface area contributed by atoms with Crippen LogP contribution in [0, 0.1) is 0 Å². The minimum atomic E-state index is 0.120. The molecule has 1 fully saturated rings. The number of aromatic nitrogens is 1. The maximum Gasteiger partial charge on any atom is 0.180 e. The summed E-state index contributed by atoms with van der Waals surface area (Å²) < 4.78 is 0. The van der Waals surface area contributed by atoms with Gasteiger partial charge in [-0.3, -0.25) is 9.78 Å². The second kappa shape index (κ2) is 6.53. The minimum Gasteiger partial charge on any atom is -0.370 e. The van der Waals surface area contributed by atoms with Crippen molar-refractivity contribution in [3.63, 3.8) is 0 Å². The second-order valence-corrected chi connectivity index (χ2v) is 4.93. The number of nitrogens with zero attached hydrogens (tertiary/aromatic N) is 2. The van der Waals surface area contributed by atoms with Gasteiger partial charge >= 0.3 is 0 Å². The highest BCUT2D eigenvalue weighted by atomic mass is 16.1. The van der Waals surface area contributed by atoms with E-state index < -0.39 is 0 Å². The minimum absolute atomic E-state index is 0.120. The molecule has 1 aromatic rings. The van der Waals surface area contributed by atoms with Gasteiger partial charge in [-0.15, -0.1) is 0 Å². The van der Waals surface area contributed by atoms with Crippen LogP contribution in [0.15, 0.2) is 18.3 Å². The zero-order valence-electron chi connectivity index (χ0n) is 11.2. The molecule has 0 unspecified atom stereocenters. The number of carbonyl (C=O) groups is 1. The van der Waals surface area contributed by atoms with Crippen molar-refractivity contribution < 1.29 is 4.79 Å². The van der Waals surface area contributed by atoms with Gasteiger partial charge in [0.25, 0.3) is 0 Å². The molecule has 0 aromatic carbocycles. The summed E-state index contributed by atoms with van der Waals surface area (Å²) in [5, 5.41) is 0. The van der Waals surface area contributed by atoms with E-state index in [0.29, 0.717) is 12.1 Å². The van der Waals surface area contributed by atoms with Gasteiger partial charge in [-0.25, -0.2) is 0 Å². The fraction of sp³-hybridized carbons (Fsp3) is 0.600. The van der Waals surface area contributed by atoms with E-state index >= 15 is 0 Å². The van der Waals surface area contributed by atoms with Crippen LogP contribution in [0.1, 0.15) is 55.9 Å². The number of hydrogen-bond acceptors (Lipinski definition) is 3. The van der Waals surface area contributed by atoms with Gasteiger partial charge < -0.3 is 4.90 Å². The van der Waals surface area contributed by atoms with E-state index in [-0.39, 0.29) is 5.78 Å². The van der Waals surface area contributed by atoms with Crippen molar-refractivity contribution in [1.82, 2.24) is 4.98 Å². The van der Waals surface area contributed by atoms with Gasteiger partial charge in [0.1, 0.15) is 5.69 Å². The number of pyridine rings is 1. The maximum absolute atomic E-state index is 11.5. The van der Waals surface area contributed by atoms with Gasteiger partial charge in [0, 0.05) is 19.5 Å². The number of Topliss-reactive ketones (excluding diaryl/α,β-unsaturated/α-hetero) is 1. The zero-order valence-corrected chi connectivity index (χ0v) is 11.2. The van der Waals surface area contributed by atoms with Gasteiger partial charge in [0.05, 0.1) is 11.9 Å². The zero-order chi connectivity index (χ0) is 12.8. The van der Waals surface area contributed by atoms with Crippen LogP contribution in [0.3, 0.4) is 0 Å². The van der Waals surface area contributed by atoms with Crippen molar-refractivity contribution in [2.75, 3.05) is 18.0 Å². The molecular formula is C15H22N2O. The highest BCUT2D eigenvalue weighted by Gasteiger charge is 2.10. The van der Waals surface area contributed by atoms with Crippen LogP contribution in [-0.2, 0) is 0 Å². The average Bonchev–Trinajstić information content (AvgIpc) is 2.38. The summed E-state index contributed by atoms with van der Waals surface area (Å²) >= 11 is 0. The molecule has 1 aromatic heterocycles. The summed E-state index contributed by atoms with van der Waals surface area (Å²) in [5.74, 6) is 0.120. The van der Waals surface area contributed by atoms with Crippen LogP contribution < -0.4 is 4.90 Å². The van der Waals surface area contributed by atoms with Crippen molar-refractivity contribution >= 4 is 11.5 Å². The van der Waals surface area contributed by atoms with E-state index in [2.05, 4.69) is 9.88 Å². The standard InChI is InChI=1S/C15H22N2O/c1-2-15(18)14-9-8-13(12-16-14)17-10-6-4-3-5-7-11-17/h8-9,12H,2-7,10-11H2,1H3. The Bertz CT molecular complexity index is 378. The first kappa shape index (κ1) is 13.1. The van der Waals surface area contributed by atoms with Crippen molar-refractivity contribution in [1.29, 1.82) is 0 Å². The van der Waals surface area contributed by atoms with Crippen molar-refractivity contribution in [2.24, 2.45) is 0 Å². The van der Waals surface area contributed by atoms with Gasteiger partial charge in [-0.05, 0) is 25.0 Å². The number of hydrogen-bond donors (Lipinski definition) is 0. The highest BCUT2D eigenvalue weighted by molar-refractivity contribution is 5.94. The van der Waals surface area contributed by atoms with Crippen molar-refractivity contribution in [3.05, 3.63) is 24.0 Å². The van der Waals surface area contributed by atoms with Gasteiger partial charge in [0.2, 0.25) is 0 Å². The third kappa shape index (κ3) is 3.31. The Hall–Kier alpha value is -1.38. The average molecular weight is 246 g/mol. The molecule has 0 saturated carbocycles. The molecule has 3 heteroatoms. The third-order valence-corrected chi connectivity index (χ3v) is 3.58. The fourth-order valence-electron chi connectivity index (χ4n) is 2.42. The summed E-state index contributed by atoms with van der Waals surface area (Å²) in [6.07, 6.45) is 8.93. The Labute approximate surface area is 109 Å². The molecule has 0 spiro atoms. The SMILES string of the molecule is CCC(=O)c1ccc(N2CCCCCCC2)cn1. The van der Waals surface area contributed by atoms with E-state index in [1.54, 1.807) is 0 Å².